The third-order valence-electron chi connectivity index (χ3n) is 3.53. The van der Waals surface area contributed by atoms with Gasteiger partial charge in [-0.3, -0.25) is 4.79 Å². The van der Waals surface area contributed by atoms with E-state index in [1.54, 1.807) is 11.3 Å². The lowest BCUT2D eigenvalue weighted by Gasteiger charge is -2.18. The Hall–Kier alpha value is -1.34. The van der Waals surface area contributed by atoms with Gasteiger partial charge in [-0.25, -0.2) is 0 Å². The van der Waals surface area contributed by atoms with Crippen molar-refractivity contribution >= 4 is 22.2 Å². The first-order valence-corrected chi connectivity index (χ1v) is 7.50. The van der Waals surface area contributed by atoms with Crippen molar-refractivity contribution in [2.24, 2.45) is 11.3 Å². The molecule has 1 aliphatic carbocycles. The van der Waals surface area contributed by atoms with Crippen molar-refractivity contribution in [1.29, 1.82) is 5.26 Å². The second-order valence-electron chi connectivity index (χ2n) is 6.37. The van der Waals surface area contributed by atoms with Crippen molar-refractivity contribution in [3.8, 4) is 6.07 Å². The molecule has 0 unspecified atom stereocenters. The molecule has 0 radical (unpaired) electrons. The second-order valence-corrected chi connectivity index (χ2v) is 7.48. The Kier molecular flexibility index (Phi) is 3.69. The SMILES string of the molecule is C[C@H]1CCc2sc(NC(=O)C(C)(C)C)c(C#N)c2C1. The average Bonchev–Trinajstić information content (AvgIpc) is 2.64. The molecule has 2 rings (SSSR count). The number of thiophene rings is 1. The Morgan fingerprint density at radius 3 is 2.74 bits per heavy atom. The summed E-state index contributed by atoms with van der Waals surface area (Å²) in [6, 6.07) is 2.28. The molecule has 1 atom stereocenters. The van der Waals surface area contributed by atoms with E-state index in [4.69, 9.17) is 0 Å². The van der Waals surface area contributed by atoms with Crippen LogP contribution in [0.15, 0.2) is 0 Å². The van der Waals surface area contributed by atoms with Crippen LogP contribution in [-0.4, -0.2) is 5.91 Å². The first kappa shape index (κ1) is 14.1. The normalized spacial score (nSPS) is 18.6. The van der Waals surface area contributed by atoms with E-state index in [1.165, 1.54) is 11.3 Å². The maximum absolute atomic E-state index is 12.1. The Morgan fingerprint density at radius 1 is 1.47 bits per heavy atom. The molecule has 1 aromatic rings. The van der Waals surface area contributed by atoms with Gasteiger partial charge in [0.15, 0.2) is 0 Å². The lowest BCUT2D eigenvalue weighted by atomic mass is 9.88. The number of amides is 1. The van der Waals surface area contributed by atoms with Gasteiger partial charge in [-0.1, -0.05) is 27.7 Å². The predicted molar refractivity (Wildman–Crippen MR) is 78.3 cm³/mol. The fraction of sp³-hybridized carbons (Fsp3) is 0.600. The summed E-state index contributed by atoms with van der Waals surface area (Å²) in [4.78, 5) is 13.3. The van der Waals surface area contributed by atoms with Gasteiger partial charge in [0.05, 0.1) is 5.56 Å². The van der Waals surface area contributed by atoms with E-state index in [2.05, 4.69) is 18.3 Å². The highest BCUT2D eigenvalue weighted by atomic mass is 32.1. The number of rotatable bonds is 1. The van der Waals surface area contributed by atoms with Gasteiger partial charge in [0, 0.05) is 10.3 Å². The van der Waals surface area contributed by atoms with E-state index in [9.17, 15) is 10.1 Å². The number of carbonyl (C=O) groups excluding carboxylic acids is 1. The fourth-order valence-corrected chi connectivity index (χ4v) is 3.44. The summed E-state index contributed by atoms with van der Waals surface area (Å²) in [6.07, 6.45) is 3.16. The summed E-state index contributed by atoms with van der Waals surface area (Å²) in [5, 5.41) is 13.0. The monoisotopic (exact) mass is 276 g/mol. The smallest absolute Gasteiger partial charge is 0.230 e. The van der Waals surface area contributed by atoms with Crippen molar-refractivity contribution in [2.75, 3.05) is 5.32 Å². The first-order valence-electron chi connectivity index (χ1n) is 6.69. The minimum atomic E-state index is -0.440. The van der Waals surface area contributed by atoms with Crippen molar-refractivity contribution in [3.63, 3.8) is 0 Å². The van der Waals surface area contributed by atoms with Crippen LogP contribution in [0.3, 0.4) is 0 Å². The molecule has 0 aromatic carbocycles. The molecule has 0 saturated heterocycles. The zero-order valence-corrected chi connectivity index (χ0v) is 12.8. The minimum absolute atomic E-state index is 0.0318. The van der Waals surface area contributed by atoms with Crippen LogP contribution in [0, 0.1) is 22.7 Å². The fourth-order valence-electron chi connectivity index (χ4n) is 2.26. The van der Waals surface area contributed by atoms with Crippen molar-refractivity contribution in [1.82, 2.24) is 0 Å². The van der Waals surface area contributed by atoms with Crippen molar-refractivity contribution in [3.05, 3.63) is 16.0 Å². The third kappa shape index (κ3) is 2.82. The van der Waals surface area contributed by atoms with Gasteiger partial charge in [0.1, 0.15) is 11.1 Å². The summed E-state index contributed by atoms with van der Waals surface area (Å²) in [5.41, 5.74) is 1.41. The molecule has 19 heavy (non-hydrogen) atoms. The highest BCUT2D eigenvalue weighted by Crippen LogP contribution is 2.39. The van der Waals surface area contributed by atoms with E-state index < -0.39 is 5.41 Å². The summed E-state index contributed by atoms with van der Waals surface area (Å²) in [6.45, 7) is 7.85. The molecule has 102 valence electrons. The van der Waals surface area contributed by atoms with Gasteiger partial charge in [-0.2, -0.15) is 5.26 Å². The average molecular weight is 276 g/mol. The van der Waals surface area contributed by atoms with E-state index in [1.807, 2.05) is 20.8 Å². The van der Waals surface area contributed by atoms with Gasteiger partial charge in [-0.15, -0.1) is 11.3 Å². The number of carbonyl (C=O) groups is 1. The zero-order chi connectivity index (χ0) is 14.2. The maximum atomic E-state index is 12.1. The number of nitrogens with one attached hydrogen (secondary N) is 1. The van der Waals surface area contributed by atoms with Crippen LogP contribution in [0.4, 0.5) is 5.00 Å². The second kappa shape index (κ2) is 4.97. The number of nitriles is 1. The highest BCUT2D eigenvalue weighted by Gasteiger charge is 2.27. The number of aryl methyl sites for hydroxylation is 1. The lowest BCUT2D eigenvalue weighted by Crippen LogP contribution is -2.27. The molecule has 0 spiro atoms. The zero-order valence-electron chi connectivity index (χ0n) is 12.0. The van der Waals surface area contributed by atoms with Gasteiger partial charge in [-0.05, 0) is 30.7 Å². The minimum Gasteiger partial charge on any atom is -0.316 e. The van der Waals surface area contributed by atoms with Crippen molar-refractivity contribution < 1.29 is 4.79 Å². The number of hydrogen-bond donors (Lipinski definition) is 1. The molecule has 4 heteroatoms. The van der Waals surface area contributed by atoms with Crippen LogP contribution in [0.1, 0.15) is 50.1 Å². The maximum Gasteiger partial charge on any atom is 0.230 e. The molecule has 0 bridgehead atoms. The quantitative estimate of drug-likeness (QED) is 0.849. The summed E-state index contributed by atoms with van der Waals surface area (Å²) in [5.74, 6) is 0.594. The standard InChI is InChI=1S/C15H20N2OS/c1-9-5-6-12-10(7-9)11(8-16)13(19-12)17-14(18)15(2,3)4/h9H,5-7H2,1-4H3,(H,17,18)/t9-/m0/s1. The summed E-state index contributed by atoms with van der Waals surface area (Å²) in [7, 11) is 0. The molecule has 1 aromatic heterocycles. The third-order valence-corrected chi connectivity index (χ3v) is 4.73. The molecule has 0 fully saturated rings. The largest absolute Gasteiger partial charge is 0.316 e. The number of anilines is 1. The van der Waals surface area contributed by atoms with Crippen LogP contribution in [-0.2, 0) is 17.6 Å². The summed E-state index contributed by atoms with van der Waals surface area (Å²) < 4.78 is 0. The van der Waals surface area contributed by atoms with Gasteiger partial charge >= 0.3 is 0 Å². The molecule has 1 N–H and O–H groups in total. The first-order chi connectivity index (χ1) is 8.82. The predicted octanol–water partition coefficient (Wildman–Crippen LogP) is 3.73. The molecule has 3 nitrogen and oxygen atoms in total. The Bertz CT molecular complexity index is 546. The summed E-state index contributed by atoms with van der Waals surface area (Å²) >= 11 is 1.58. The molecule has 1 amide bonds. The van der Waals surface area contributed by atoms with Gasteiger partial charge in [0.25, 0.3) is 0 Å². The molecule has 1 heterocycles. The van der Waals surface area contributed by atoms with Crippen LogP contribution < -0.4 is 5.32 Å². The lowest BCUT2D eigenvalue weighted by molar-refractivity contribution is -0.123. The van der Waals surface area contributed by atoms with Crippen molar-refractivity contribution in [2.45, 2.75) is 47.0 Å². The number of nitrogens with zero attached hydrogens (tertiary/aromatic N) is 1. The topological polar surface area (TPSA) is 52.9 Å². The molecular formula is C15H20N2OS. The molecular weight excluding hydrogens is 256 g/mol. The molecule has 0 saturated carbocycles. The van der Waals surface area contributed by atoms with Crippen LogP contribution in [0.2, 0.25) is 0 Å². The van der Waals surface area contributed by atoms with E-state index in [0.29, 0.717) is 11.5 Å². The van der Waals surface area contributed by atoms with E-state index in [0.717, 1.165) is 23.4 Å². The number of fused-ring (bicyclic) bond motifs is 1. The van der Waals surface area contributed by atoms with E-state index in [-0.39, 0.29) is 5.91 Å². The van der Waals surface area contributed by atoms with Crippen LogP contribution in [0.5, 0.6) is 0 Å². The van der Waals surface area contributed by atoms with Gasteiger partial charge < -0.3 is 5.32 Å². The Labute approximate surface area is 118 Å². The van der Waals surface area contributed by atoms with Crippen LogP contribution in [0.25, 0.3) is 0 Å². The van der Waals surface area contributed by atoms with E-state index >= 15 is 0 Å². The van der Waals surface area contributed by atoms with Gasteiger partial charge in [0.2, 0.25) is 5.91 Å². The Balaban J connectivity index is 2.33. The molecule has 1 aliphatic rings. The molecule has 0 aliphatic heterocycles. The van der Waals surface area contributed by atoms with Crippen LogP contribution >= 0.6 is 11.3 Å². The number of hydrogen-bond acceptors (Lipinski definition) is 3. The Morgan fingerprint density at radius 2 is 2.16 bits per heavy atom. The highest BCUT2D eigenvalue weighted by molar-refractivity contribution is 7.16.